The summed E-state index contributed by atoms with van der Waals surface area (Å²) in [6.45, 7) is 2.35. The fourth-order valence-corrected chi connectivity index (χ4v) is 2.57. The van der Waals surface area contributed by atoms with Crippen LogP contribution >= 0.6 is 24.0 Å². The van der Waals surface area contributed by atoms with Crippen molar-refractivity contribution in [1.29, 1.82) is 0 Å². The van der Waals surface area contributed by atoms with E-state index >= 15 is 0 Å². The summed E-state index contributed by atoms with van der Waals surface area (Å²) in [4.78, 5) is 11.5. The number of amides is 1. The number of nitrogens with one attached hydrogen (secondary N) is 2. The lowest BCUT2D eigenvalue weighted by Crippen LogP contribution is -2.37. The van der Waals surface area contributed by atoms with Gasteiger partial charge < -0.3 is 20.1 Å². The normalized spacial score (nSPS) is 21.2. The Hall–Kier alpha value is -0.920. The standard InChI is InChI=1S/C15H20ClFN2O3.ClH/c1-21-9-14(20)19-8-11-7-18-4-5-22-15(11)10-2-3-12(16)13(17)6-10;/h2-3,6,11,15,18H,4-5,7-9H2,1H3,(H,19,20);1H/t11-,15-;/m0./s1. The molecule has 2 atom stereocenters. The van der Waals surface area contributed by atoms with Crippen molar-refractivity contribution in [3.8, 4) is 0 Å². The number of carbonyl (C=O) groups excluding carboxylic acids is 1. The second-order valence-corrected chi connectivity index (χ2v) is 5.57. The summed E-state index contributed by atoms with van der Waals surface area (Å²) in [6, 6.07) is 4.67. The van der Waals surface area contributed by atoms with E-state index in [2.05, 4.69) is 10.6 Å². The maximum Gasteiger partial charge on any atom is 0.245 e. The molecule has 0 aliphatic carbocycles. The quantitative estimate of drug-likeness (QED) is 0.835. The maximum absolute atomic E-state index is 13.7. The zero-order chi connectivity index (χ0) is 15.9. The van der Waals surface area contributed by atoms with E-state index in [1.807, 2.05) is 0 Å². The Balaban J connectivity index is 0.00000264. The van der Waals surface area contributed by atoms with Gasteiger partial charge in [0.15, 0.2) is 0 Å². The van der Waals surface area contributed by atoms with Gasteiger partial charge in [-0.15, -0.1) is 12.4 Å². The highest BCUT2D eigenvalue weighted by Gasteiger charge is 2.27. The summed E-state index contributed by atoms with van der Waals surface area (Å²) < 4.78 is 24.3. The van der Waals surface area contributed by atoms with Crippen LogP contribution in [0.2, 0.25) is 5.02 Å². The predicted molar refractivity (Wildman–Crippen MR) is 88.6 cm³/mol. The molecule has 5 nitrogen and oxygen atoms in total. The molecule has 1 aliphatic rings. The zero-order valence-corrected chi connectivity index (χ0v) is 14.4. The third-order valence-corrected chi connectivity index (χ3v) is 3.83. The number of hydrogen-bond donors (Lipinski definition) is 2. The number of hydrogen-bond acceptors (Lipinski definition) is 4. The fraction of sp³-hybridized carbons (Fsp3) is 0.533. The van der Waals surface area contributed by atoms with Crippen molar-refractivity contribution >= 4 is 29.9 Å². The highest BCUT2D eigenvalue weighted by Crippen LogP contribution is 2.29. The average Bonchev–Trinajstić information content (AvgIpc) is 2.74. The van der Waals surface area contributed by atoms with Crippen molar-refractivity contribution < 1.29 is 18.7 Å². The summed E-state index contributed by atoms with van der Waals surface area (Å²) >= 11 is 5.73. The van der Waals surface area contributed by atoms with E-state index in [-0.39, 0.29) is 42.0 Å². The average molecular weight is 367 g/mol. The Morgan fingerprint density at radius 3 is 3.04 bits per heavy atom. The zero-order valence-electron chi connectivity index (χ0n) is 12.8. The predicted octanol–water partition coefficient (Wildman–Crippen LogP) is 1.94. The van der Waals surface area contributed by atoms with Crippen LogP contribution in [-0.2, 0) is 14.3 Å². The Labute approximate surface area is 146 Å². The van der Waals surface area contributed by atoms with E-state index in [1.165, 1.54) is 19.2 Å². The minimum atomic E-state index is -0.470. The number of halogens is 3. The molecule has 1 aliphatic heterocycles. The molecule has 23 heavy (non-hydrogen) atoms. The van der Waals surface area contributed by atoms with Gasteiger partial charge in [0.2, 0.25) is 5.91 Å². The van der Waals surface area contributed by atoms with E-state index in [0.717, 1.165) is 12.1 Å². The lowest BCUT2D eigenvalue weighted by Gasteiger charge is -2.25. The molecule has 0 bridgehead atoms. The first-order valence-electron chi connectivity index (χ1n) is 7.14. The molecule has 0 saturated carbocycles. The van der Waals surface area contributed by atoms with E-state index in [4.69, 9.17) is 21.1 Å². The summed E-state index contributed by atoms with van der Waals surface area (Å²) in [5.74, 6) is -0.668. The van der Waals surface area contributed by atoms with Gasteiger partial charge in [0.05, 0.1) is 17.7 Å². The second kappa shape index (κ2) is 10.1. The Morgan fingerprint density at radius 2 is 2.35 bits per heavy atom. The van der Waals surface area contributed by atoms with Crippen LogP contribution in [-0.4, -0.2) is 45.9 Å². The van der Waals surface area contributed by atoms with Gasteiger partial charge in [0.25, 0.3) is 0 Å². The van der Waals surface area contributed by atoms with Gasteiger partial charge in [0, 0.05) is 32.7 Å². The minimum Gasteiger partial charge on any atom is -0.375 e. The molecule has 8 heteroatoms. The number of rotatable bonds is 5. The molecule has 1 saturated heterocycles. The molecule has 1 heterocycles. The largest absolute Gasteiger partial charge is 0.375 e. The number of ether oxygens (including phenoxy) is 2. The summed E-state index contributed by atoms with van der Waals surface area (Å²) in [6.07, 6.45) is -0.301. The first-order chi connectivity index (χ1) is 10.6. The van der Waals surface area contributed by atoms with Crippen molar-refractivity contribution in [3.63, 3.8) is 0 Å². The molecule has 130 valence electrons. The lowest BCUT2D eigenvalue weighted by molar-refractivity contribution is -0.125. The van der Waals surface area contributed by atoms with Gasteiger partial charge in [0.1, 0.15) is 12.4 Å². The van der Waals surface area contributed by atoms with Crippen molar-refractivity contribution in [1.82, 2.24) is 10.6 Å². The first-order valence-corrected chi connectivity index (χ1v) is 7.52. The SMILES string of the molecule is COCC(=O)NC[C@@H]1CNCCO[C@H]1c1ccc(Cl)c(F)c1.Cl. The van der Waals surface area contributed by atoms with Crippen LogP contribution in [0, 0.1) is 11.7 Å². The molecule has 0 aromatic heterocycles. The van der Waals surface area contributed by atoms with Crippen molar-refractivity contribution in [2.24, 2.45) is 5.92 Å². The highest BCUT2D eigenvalue weighted by molar-refractivity contribution is 6.30. The smallest absolute Gasteiger partial charge is 0.245 e. The summed E-state index contributed by atoms with van der Waals surface area (Å²) in [5.41, 5.74) is 0.719. The van der Waals surface area contributed by atoms with Crippen LogP contribution in [0.5, 0.6) is 0 Å². The lowest BCUT2D eigenvalue weighted by atomic mass is 9.95. The van der Waals surface area contributed by atoms with Crippen molar-refractivity contribution in [2.45, 2.75) is 6.10 Å². The molecular formula is C15H21Cl2FN2O3. The van der Waals surface area contributed by atoms with Gasteiger partial charge in [-0.1, -0.05) is 17.7 Å². The first kappa shape index (κ1) is 20.1. The molecule has 1 fully saturated rings. The Kier molecular flexibility index (Phi) is 8.79. The molecule has 0 radical (unpaired) electrons. The van der Waals surface area contributed by atoms with E-state index in [0.29, 0.717) is 19.7 Å². The molecule has 1 amide bonds. The monoisotopic (exact) mass is 366 g/mol. The van der Waals surface area contributed by atoms with Gasteiger partial charge >= 0.3 is 0 Å². The van der Waals surface area contributed by atoms with Crippen LogP contribution in [0.15, 0.2) is 18.2 Å². The van der Waals surface area contributed by atoms with E-state index in [9.17, 15) is 9.18 Å². The molecule has 0 spiro atoms. The van der Waals surface area contributed by atoms with Crippen LogP contribution in [0.3, 0.4) is 0 Å². The van der Waals surface area contributed by atoms with Crippen LogP contribution in [0.1, 0.15) is 11.7 Å². The Bertz CT molecular complexity index is 519. The fourth-order valence-electron chi connectivity index (χ4n) is 2.45. The summed E-state index contributed by atoms with van der Waals surface area (Å²) in [5, 5.41) is 6.14. The number of carbonyl (C=O) groups is 1. The van der Waals surface area contributed by atoms with Gasteiger partial charge in [-0.2, -0.15) is 0 Å². The Morgan fingerprint density at radius 1 is 1.57 bits per heavy atom. The number of methoxy groups -OCH3 is 1. The van der Waals surface area contributed by atoms with E-state index in [1.54, 1.807) is 6.07 Å². The van der Waals surface area contributed by atoms with Crippen LogP contribution in [0.25, 0.3) is 0 Å². The molecule has 0 unspecified atom stereocenters. The van der Waals surface area contributed by atoms with Gasteiger partial charge in [-0.05, 0) is 17.7 Å². The topological polar surface area (TPSA) is 59.6 Å². The molecule has 2 rings (SSSR count). The summed E-state index contributed by atoms with van der Waals surface area (Å²) in [7, 11) is 1.47. The van der Waals surface area contributed by atoms with Crippen LogP contribution < -0.4 is 10.6 Å². The second-order valence-electron chi connectivity index (χ2n) is 5.17. The third kappa shape index (κ3) is 5.90. The molecule has 1 aromatic carbocycles. The number of benzene rings is 1. The van der Waals surface area contributed by atoms with Crippen LogP contribution in [0.4, 0.5) is 4.39 Å². The third-order valence-electron chi connectivity index (χ3n) is 3.52. The minimum absolute atomic E-state index is 0. The van der Waals surface area contributed by atoms with Crippen molar-refractivity contribution in [2.75, 3.05) is 40.0 Å². The molecule has 2 N–H and O–H groups in total. The maximum atomic E-state index is 13.7. The molecule has 1 aromatic rings. The molecular weight excluding hydrogens is 346 g/mol. The van der Waals surface area contributed by atoms with Gasteiger partial charge in [-0.25, -0.2) is 4.39 Å². The van der Waals surface area contributed by atoms with E-state index < -0.39 is 5.82 Å². The van der Waals surface area contributed by atoms with Crippen molar-refractivity contribution in [3.05, 3.63) is 34.6 Å². The highest BCUT2D eigenvalue weighted by atomic mass is 35.5. The van der Waals surface area contributed by atoms with Gasteiger partial charge in [-0.3, -0.25) is 4.79 Å².